The van der Waals surface area contributed by atoms with Crippen LogP contribution in [-0.4, -0.2) is 27.3 Å². The molecule has 7 heteroatoms. The predicted molar refractivity (Wildman–Crippen MR) is 62.7 cm³/mol. The number of nitrogens with zero attached hydrogens (tertiary/aromatic N) is 3. The topological polar surface area (TPSA) is 83.0 Å². The third-order valence-electron chi connectivity index (χ3n) is 2.93. The second-order valence-corrected chi connectivity index (χ2v) is 4.15. The summed E-state index contributed by atoms with van der Waals surface area (Å²) in [6.45, 7) is 0.828. The third-order valence-corrected chi connectivity index (χ3v) is 2.93. The fourth-order valence-corrected chi connectivity index (χ4v) is 2.07. The molecule has 1 atom stereocenters. The van der Waals surface area contributed by atoms with Gasteiger partial charge in [0, 0.05) is 5.56 Å². The van der Waals surface area contributed by atoms with Crippen LogP contribution < -0.4 is 5.73 Å². The van der Waals surface area contributed by atoms with Crippen LogP contribution in [0.1, 0.15) is 28.1 Å². The summed E-state index contributed by atoms with van der Waals surface area (Å²) in [7, 11) is 0. The number of carbonyl (C=O) groups excluding carboxylic acids is 1. The molecule has 0 spiro atoms. The number of nitrogens with two attached hydrogens (primary N) is 1. The van der Waals surface area contributed by atoms with Gasteiger partial charge < -0.3 is 10.5 Å². The van der Waals surface area contributed by atoms with E-state index in [-0.39, 0.29) is 11.6 Å². The number of halogens is 1. The van der Waals surface area contributed by atoms with Crippen LogP contribution in [0.4, 0.5) is 4.39 Å². The van der Waals surface area contributed by atoms with Crippen molar-refractivity contribution in [3.63, 3.8) is 0 Å². The first-order valence-electron chi connectivity index (χ1n) is 5.77. The highest BCUT2D eigenvalue weighted by Gasteiger charge is 2.29. The predicted octanol–water partition coefficient (Wildman–Crippen LogP) is 0.636. The van der Waals surface area contributed by atoms with E-state index in [2.05, 4.69) is 10.1 Å². The van der Waals surface area contributed by atoms with Gasteiger partial charge in [-0.1, -0.05) is 18.2 Å². The van der Waals surface area contributed by atoms with Gasteiger partial charge in [0.15, 0.2) is 5.82 Å². The fourth-order valence-electron chi connectivity index (χ4n) is 2.07. The molecule has 2 heterocycles. The molecule has 0 fully saturated rings. The Balaban J connectivity index is 2.07. The van der Waals surface area contributed by atoms with E-state index in [0.717, 1.165) is 0 Å². The maximum atomic E-state index is 13.8. The van der Waals surface area contributed by atoms with Gasteiger partial charge in [-0.05, 0) is 6.07 Å². The molecule has 1 amide bonds. The Morgan fingerprint density at radius 2 is 2.26 bits per heavy atom. The quantitative estimate of drug-likeness (QED) is 0.860. The number of hydrogen-bond acceptors (Lipinski definition) is 4. The normalized spacial score (nSPS) is 18.1. The average Bonchev–Trinajstić information content (AvgIpc) is 2.83. The summed E-state index contributed by atoms with van der Waals surface area (Å²) in [6, 6.07) is 6.28. The summed E-state index contributed by atoms with van der Waals surface area (Å²) in [5.74, 6) is -0.786. The van der Waals surface area contributed by atoms with E-state index >= 15 is 0 Å². The number of amides is 1. The van der Waals surface area contributed by atoms with Gasteiger partial charge in [0.2, 0.25) is 5.82 Å². The van der Waals surface area contributed by atoms with Gasteiger partial charge in [-0.25, -0.2) is 14.1 Å². The molecule has 0 aliphatic carbocycles. The van der Waals surface area contributed by atoms with Crippen LogP contribution in [0.2, 0.25) is 0 Å². The Bertz CT molecular complexity index is 640. The fraction of sp³-hybridized carbons (Fsp3) is 0.250. The molecular weight excluding hydrogens is 251 g/mol. The first kappa shape index (κ1) is 11.8. The monoisotopic (exact) mass is 262 g/mol. The Kier molecular flexibility index (Phi) is 2.75. The zero-order valence-corrected chi connectivity index (χ0v) is 9.91. The van der Waals surface area contributed by atoms with E-state index in [1.807, 2.05) is 0 Å². The number of benzene rings is 1. The maximum absolute atomic E-state index is 13.8. The van der Waals surface area contributed by atoms with Gasteiger partial charge >= 0.3 is 0 Å². The molecule has 1 aliphatic heterocycles. The third kappa shape index (κ3) is 1.97. The van der Waals surface area contributed by atoms with Crippen molar-refractivity contribution in [2.24, 2.45) is 5.73 Å². The van der Waals surface area contributed by atoms with E-state index in [1.165, 1.54) is 10.7 Å². The average molecular weight is 262 g/mol. The van der Waals surface area contributed by atoms with Crippen LogP contribution in [-0.2, 0) is 11.3 Å². The van der Waals surface area contributed by atoms with Crippen LogP contribution in [0.15, 0.2) is 24.3 Å². The molecule has 3 rings (SSSR count). The minimum atomic E-state index is -0.714. The summed E-state index contributed by atoms with van der Waals surface area (Å²) >= 11 is 0. The lowest BCUT2D eigenvalue weighted by molar-refractivity contribution is 0.0369. The summed E-state index contributed by atoms with van der Waals surface area (Å²) < 4.78 is 20.9. The van der Waals surface area contributed by atoms with Crippen molar-refractivity contribution >= 4 is 5.91 Å². The van der Waals surface area contributed by atoms with Gasteiger partial charge in [0.05, 0.1) is 13.2 Å². The highest BCUT2D eigenvalue weighted by molar-refractivity contribution is 5.88. The molecular formula is C12H11FN4O2. The molecule has 1 aromatic carbocycles. The summed E-state index contributed by atoms with van der Waals surface area (Å²) in [5, 5.41) is 3.98. The van der Waals surface area contributed by atoms with Crippen molar-refractivity contribution < 1.29 is 13.9 Å². The van der Waals surface area contributed by atoms with E-state index in [4.69, 9.17) is 10.5 Å². The summed E-state index contributed by atoms with van der Waals surface area (Å²) in [6.07, 6.45) is -0.671. The standard InChI is InChI=1S/C12H11FN4O2/c13-8-4-2-1-3-7(8)9-12-15-11(10(14)18)16-17(12)5-6-19-9/h1-4,9H,5-6H2,(H2,14,18). The number of aromatic nitrogens is 3. The van der Waals surface area contributed by atoms with Crippen molar-refractivity contribution in [2.45, 2.75) is 12.6 Å². The lowest BCUT2D eigenvalue weighted by Crippen LogP contribution is -2.24. The maximum Gasteiger partial charge on any atom is 0.288 e. The Morgan fingerprint density at radius 1 is 1.47 bits per heavy atom. The molecule has 6 nitrogen and oxygen atoms in total. The zero-order chi connectivity index (χ0) is 13.4. The van der Waals surface area contributed by atoms with Gasteiger partial charge in [0.25, 0.3) is 5.91 Å². The molecule has 1 aliphatic rings. The molecule has 2 aromatic rings. The second kappa shape index (κ2) is 4.43. The Hall–Kier alpha value is -2.28. The van der Waals surface area contributed by atoms with Crippen molar-refractivity contribution in [1.29, 1.82) is 0 Å². The van der Waals surface area contributed by atoms with Gasteiger partial charge in [-0.3, -0.25) is 4.79 Å². The molecule has 19 heavy (non-hydrogen) atoms. The SMILES string of the molecule is NC(=O)c1nc2n(n1)CCOC2c1ccccc1F. The molecule has 1 aromatic heterocycles. The zero-order valence-electron chi connectivity index (χ0n) is 9.91. The molecule has 0 saturated carbocycles. The van der Waals surface area contributed by atoms with Crippen LogP contribution in [0.5, 0.6) is 0 Å². The number of ether oxygens (including phenoxy) is 1. The minimum absolute atomic E-state index is 0.0816. The van der Waals surface area contributed by atoms with Crippen LogP contribution in [0, 0.1) is 5.82 Å². The lowest BCUT2D eigenvalue weighted by atomic mass is 10.1. The number of fused-ring (bicyclic) bond motifs is 1. The van der Waals surface area contributed by atoms with Crippen molar-refractivity contribution in [3.8, 4) is 0 Å². The van der Waals surface area contributed by atoms with Crippen LogP contribution in [0.3, 0.4) is 0 Å². The van der Waals surface area contributed by atoms with E-state index in [0.29, 0.717) is 24.5 Å². The van der Waals surface area contributed by atoms with Crippen LogP contribution >= 0.6 is 0 Å². The number of rotatable bonds is 2. The molecule has 98 valence electrons. The van der Waals surface area contributed by atoms with Crippen molar-refractivity contribution in [2.75, 3.05) is 6.61 Å². The first-order chi connectivity index (χ1) is 9.16. The minimum Gasteiger partial charge on any atom is -0.363 e. The van der Waals surface area contributed by atoms with E-state index in [9.17, 15) is 9.18 Å². The molecule has 1 unspecified atom stereocenters. The Labute approximate surface area is 108 Å². The number of hydrogen-bond donors (Lipinski definition) is 1. The van der Waals surface area contributed by atoms with E-state index < -0.39 is 12.0 Å². The van der Waals surface area contributed by atoms with Gasteiger partial charge in [-0.2, -0.15) is 0 Å². The molecule has 0 saturated heterocycles. The molecule has 0 bridgehead atoms. The smallest absolute Gasteiger partial charge is 0.288 e. The molecule has 0 radical (unpaired) electrons. The molecule has 2 N–H and O–H groups in total. The number of primary amides is 1. The van der Waals surface area contributed by atoms with Crippen molar-refractivity contribution in [3.05, 3.63) is 47.3 Å². The first-order valence-corrected chi connectivity index (χ1v) is 5.77. The largest absolute Gasteiger partial charge is 0.363 e. The summed E-state index contributed by atoms with van der Waals surface area (Å²) in [4.78, 5) is 15.1. The van der Waals surface area contributed by atoms with Crippen molar-refractivity contribution in [1.82, 2.24) is 14.8 Å². The summed E-state index contributed by atoms with van der Waals surface area (Å²) in [5.41, 5.74) is 5.52. The van der Waals surface area contributed by atoms with E-state index in [1.54, 1.807) is 18.2 Å². The van der Waals surface area contributed by atoms with Gasteiger partial charge in [0.1, 0.15) is 11.9 Å². The highest BCUT2D eigenvalue weighted by atomic mass is 19.1. The lowest BCUT2D eigenvalue weighted by Gasteiger charge is -2.23. The Morgan fingerprint density at radius 3 is 3.00 bits per heavy atom. The van der Waals surface area contributed by atoms with Gasteiger partial charge in [-0.15, -0.1) is 5.10 Å². The number of carbonyl (C=O) groups is 1. The highest BCUT2D eigenvalue weighted by Crippen LogP contribution is 2.29. The van der Waals surface area contributed by atoms with Crippen LogP contribution in [0.25, 0.3) is 0 Å². The second-order valence-electron chi connectivity index (χ2n) is 4.15.